The second-order valence-electron chi connectivity index (χ2n) is 5.85. The van der Waals surface area contributed by atoms with Crippen LogP contribution in [0.25, 0.3) is 11.1 Å². The number of fused-ring (bicyclic) bond motifs is 3. The molecule has 1 aromatic heterocycles. The van der Waals surface area contributed by atoms with Gasteiger partial charge in [-0.3, -0.25) is 0 Å². The molecule has 1 heterocycles. The summed E-state index contributed by atoms with van der Waals surface area (Å²) in [7, 11) is 0. The summed E-state index contributed by atoms with van der Waals surface area (Å²) in [5.74, 6) is 2.42. The summed E-state index contributed by atoms with van der Waals surface area (Å²) >= 11 is 0. The lowest BCUT2D eigenvalue weighted by Crippen LogP contribution is -2.03. The molecule has 3 heteroatoms. The topological polar surface area (TPSA) is 38.7 Å². The predicted molar refractivity (Wildman–Crippen MR) is 86.8 cm³/mol. The van der Waals surface area contributed by atoms with Crippen molar-refractivity contribution in [2.45, 2.75) is 26.7 Å². The third-order valence-electron chi connectivity index (χ3n) is 4.13. The molecule has 22 heavy (non-hydrogen) atoms. The average Bonchev–Trinajstić information content (AvgIpc) is 2.84. The Morgan fingerprint density at radius 1 is 0.818 bits per heavy atom. The van der Waals surface area contributed by atoms with Crippen LogP contribution in [0.5, 0.6) is 0 Å². The van der Waals surface area contributed by atoms with Crippen LogP contribution in [0, 0.1) is 13.8 Å². The zero-order valence-corrected chi connectivity index (χ0v) is 12.8. The summed E-state index contributed by atoms with van der Waals surface area (Å²) in [6.07, 6.45) is 1.79. The van der Waals surface area contributed by atoms with Crippen molar-refractivity contribution in [1.82, 2.24) is 15.0 Å². The van der Waals surface area contributed by atoms with E-state index < -0.39 is 0 Å². The lowest BCUT2D eigenvalue weighted by atomic mass is 10.0. The van der Waals surface area contributed by atoms with Gasteiger partial charge in [0.15, 0.2) is 0 Å². The lowest BCUT2D eigenvalue weighted by molar-refractivity contribution is 0.843. The Bertz CT molecular complexity index is 848. The Hall–Kier alpha value is -2.55. The first kappa shape index (κ1) is 13.1. The maximum Gasteiger partial charge on any atom is 0.136 e. The summed E-state index contributed by atoms with van der Waals surface area (Å²) in [6.45, 7) is 3.83. The fraction of sp³-hybridized carbons (Fsp3) is 0.211. The smallest absolute Gasteiger partial charge is 0.136 e. The van der Waals surface area contributed by atoms with Crippen molar-refractivity contribution in [3.8, 4) is 11.1 Å². The van der Waals surface area contributed by atoms with E-state index in [0.29, 0.717) is 0 Å². The van der Waals surface area contributed by atoms with Gasteiger partial charge in [-0.2, -0.15) is 0 Å². The standard InChI is InChI=1S/C19H17N3/c1-12-20-13(2)22-19(21-12)10-14-7-8-16-11-15-5-3-4-6-17(15)18(16)9-14/h3-9H,10-11H2,1-2H3. The second kappa shape index (κ2) is 5.02. The Balaban J connectivity index is 1.71. The van der Waals surface area contributed by atoms with Crippen LogP contribution in [0.4, 0.5) is 0 Å². The molecular weight excluding hydrogens is 270 g/mol. The van der Waals surface area contributed by atoms with Crippen LogP contribution in [-0.4, -0.2) is 15.0 Å². The van der Waals surface area contributed by atoms with Gasteiger partial charge in [0, 0.05) is 6.42 Å². The van der Waals surface area contributed by atoms with E-state index in [1.54, 1.807) is 0 Å². The van der Waals surface area contributed by atoms with E-state index in [2.05, 4.69) is 57.4 Å². The van der Waals surface area contributed by atoms with Gasteiger partial charge in [0.2, 0.25) is 0 Å². The summed E-state index contributed by atoms with van der Waals surface area (Å²) in [5, 5.41) is 0. The molecule has 0 spiro atoms. The second-order valence-corrected chi connectivity index (χ2v) is 5.85. The molecule has 4 rings (SSSR count). The molecule has 3 aromatic rings. The highest BCUT2D eigenvalue weighted by Gasteiger charge is 2.18. The van der Waals surface area contributed by atoms with E-state index in [9.17, 15) is 0 Å². The van der Waals surface area contributed by atoms with Crippen LogP contribution >= 0.6 is 0 Å². The van der Waals surface area contributed by atoms with E-state index in [1.807, 2.05) is 13.8 Å². The maximum absolute atomic E-state index is 4.44. The van der Waals surface area contributed by atoms with Crippen LogP contribution in [-0.2, 0) is 12.8 Å². The first-order valence-electron chi connectivity index (χ1n) is 7.57. The van der Waals surface area contributed by atoms with Gasteiger partial charge in [-0.25, -0.2) is 15.0 Å². The van der Waals surface area contributed by atoms with Gasteiger partial charge >= 0.3 is 0 Å². The number of rotatable bonds is 2. The maximum atomic E-state index is 4.44. The third kappa shape index (κ3) is 2.29. The van der Waals surface area contributed by atoms with Crippen LogP contribution in [0.3, 0.4) is 0 Å². The van der Waals surface area contributed by atoms with Crippen molar-refractivity contribution in [2.75, 3.05) is 0 Å². The molecular formula is C19H17N3. The molecule has 2 aromatic carbocycles. The molecule has 0 bridgehead atoms. The Morgan fingerprint density at radius 3 is 2.36 bits per heavy atom. The Morgan fingerprint density at radius 2 is 1.55 bits per heavy atom. The fourth-order valence-electron chi connectivity index (χ4n) is 3.23. The molecule has 0 unspecified atom stereocenters. The number of nitrogens with zero attached hydrogens (tertiary/aromatic N) is 3. The van der Waals surface area contributed by atoms with E-state index in [1.165, 1.54) is 27.8 Å². The van der Waals surface area contributed by atoms with Gasteiger partial charge in [0.25, 0.3) is 0 Å². The molecule has 0 N–H and O–H groups in total. The van der Waals surface area contributed by atoms with Crippen molar-refractivity contribution in [3.63, 3.8) is 0 Å². The number of benzene rings is 2. The van der Waals surface area contributed by atoms with Gasteiger partial charge in [-0.05, 0) is 48.1 Å². The van der Waals surface area contributed by atoms with Crippen molar-refractivity contribution in [2.24, 2.45) is 0 Å². The van der Waals surface area contributed by atoms with Crippen LogP contribution < -0.4 is 0 Å². The SMILES string of the molecule is Cc1nc(C)nc(Cc2ccc3c(c2)-c2ccccc2C3)n1. The molecule has 1 aliphatic rings. The van der Waals surface area contributed by atoms with Crippen LogP contribution in [0.15, 0.2) is 42.5 Å². The van der Waals surface area contributed by atoms with Gasteiger partial charge in [0.05, 0.1) is 0 Å². The third-order valence-corrected chi connectivity index (χ3v) is 4.13. The highest BCUT2D eigenvalue weighted by Crippen LogP contribution is 2.36. The molecule has 0 atom stereocenters. The molecule has 0 radical (unpaired) electrons. The number of hydrogen-bond acceptors (Lipinski definition) is 3. The minimum absolute atomic E-state index is 0.750. The van der Waals surface area contributed by atoms with Gasteiger partial charge in [-0.1, -0.05) is 42.5 Å². The number of aryl methyl sites for hydroxylation is 2. The van der Waals surface area contributed by atoms with Gasteiger partial charge < -0.3 is 0 Å². The molecule has 0 fully saturated rings. The zero-order chi connectivity index (χ0) is 15.1. The van der Waals surface area contributed by atoms with E-state index in [4.69, 9.17) is 0 Å². The molecule has 0 aliphatic heterocycles. The molecule has 108 valence electrons. The highest BCUT2D eigenvalue weighted by atomic mass is 15.0. The van der Waals surface area contributed by atoms with Gasteiger partial charge in [0.1, 0.15) is 17.5 Å². The zero-order valence-electron chi connectivity index (χ0n) is 12.8. The minimum Gasteiger partial charge on any atom is -0.219 e. The van der Waals surface area contributed by atoms with Crippen molar-refractivity contribution < 1.29 is 0 Å². The number of aromatic nitrogens is 3. The first-order valence-corrected chi connectivity index (χ1v) is 7.57. The van der Waals surface area contributed by atoms with Crippen LogP contribution in [0.2, 0.25) is 0 Å². The molecule has 0 amide bonds. The van der Waals surface area contributed by atoms with E-state index in [-0.39, 0.29) is 0 Å². The van der Waals surface area contributed by atoms with Crippen molar-refractivity contribution >= 4 is 0 Å². The van der Waals surface area contributed by atoms with E-state index >= 15 is 0 Å². The van der Waals surface area contributed by atoms with Gasteiger partial charge in [-0.15, -0.1) is 0 Å². The van der Waals surface area contributed by atoms with Crippen molar-refractivity contribution in [3.05, 3.63) is 76.6 Å². The largest absolute Gasteiger partial charge is 0.219 e. The normalized spacial score (nSPS) is 12.1. The van der Waals surface area contributed by atoms with E-state index in [0.717, 1.165) is 30.3 Å². The molecule has 0 saturated carbocycles. The monoisotopic (exact) mass is 287 g/mol. The predicted octanol–water partition coefficient (Wildman–Crippen LogP) is 3.65. The minimum atomic E-state index is 0.750. The quantitative estimate of drug-likeness (QED) is 0.565. The number of hydrogen-bond donors (Lipinski definition) is 0. The average molecular weight is 287 g/mol. The Kier molecular flexibility index (Phi) is 3.00. The molecule has 0 saturated heterocycles. The first-order chi connectivity index (χ1) is 10.7. The summed E-state index contributed by atoms with van der Waals surface area (Å²) < 4.78 is 0. The lowest BCUT2D eigenvalue weighted by Gasteiger charge is -2.06. The molecule has 1 aliphatic carbocycles. The van der Waals surface area contributed by atoms with Crippen LogP contribution in [0.1, 0.15) is 34.2 Å². The fourth-order valence-corrected chi connectivity index (χ4v) is 3.23. The molecule has 3 nitrogen and oxygen atoms in total. The summed E-state index contributed by atoms with van der Waals surface area (Å²) in [6, 6.07) is 15.4. The highest BCUT2D eigenvalue weighted by molar-refractivity contribution is 5.77. The van der Waals surface area contributed by atoms with Crippen molar-refractivity contribution in [1.29, 1.82) is 0 Å². The summed E-state index contributed by atoms with van der Waals surface area (Å²) in [4.78, 5) is 13.1. The Labute approximate surface area is 130 Å². The summed E-state index contributed by atoms with van der Waals surface area (Å²) in [5.41, 5.74) is 6.80.